The molecular formula is C14H14N2O4. The number of rotatable bonds is 3. The van der Waals surface area contributed by atoms with Gasteiger partial charge < -0.3 is 14.4 Å². The van der Waals surface area contributed by atoms with E-state index in [1.54, 1.807) is 12.1 Å². The predicted octanol–water partition coefficient (Wildman–Crippen LogP) is 2.53. The Bertz CT molecular complexity index is 620. The van der Waals surface area contributed by atoms with Crippen molar-refractivity contribution in [1.29, 1.82) is 0 Å². The third-order valence-electron chi connectivity index (χ3n) is 3.46. The quantitative estimate of drug-likeness (QED) is 0.925. The minimum Gasteiger partial charge on any atom is -0.478 e. The van der Waals surface area contributed by atoms with Crippen LogP contribution >= 0.6 is 0 Å². The van der Waals surface area contributed by atoms with Crippen molar-refractivity contribution in [3.8, 4) is 11.4 Å². The van der Waals surface area contributed by atoms with Crippen molar-refractivity contribution in [2.45, 2.75) is 19.4 Å². The number of carboxylic acid groups (broad SMARTS) is 1. The molecule has 6 heteroatoms. The van der Waals surface area contributed by atoms with E-state index in [-0.39, 0.29) is 11.7 Å². The highest BCUT2D eigenvalue weighted by atomic mass is 16.5. The smallest absolute Gasteiger partial charge is 0.335 e. The number of aromatic nitrogens is 2. The maximum absolute atomic E-state index is 10.8. The van der Waals surface area contributed by atoms with E-state index < -0.39 is 5.97 Å². The molecule has 0 amide bonds. The summed E-state index contributed by atoms with van der Waals surface area (Å²) in [5.41, 5.74) is 0.945. The van der Waals surface area contributed by atoms with Gasteiger partial charge in [0.1, 0.15) is 6.10 Å². The lowest BCUT2D eigenvalue weighted by Crippen LogP contribution is -2.04. The van der Waals surface area contributed by atoms with Gasteiger partial charge in [-0.1, -0.05) is 24.2 Å². The molecule has 2 aromatic rings. The molecule has 0 saturated carbocycles. The zero-order valence-electron chi connectivity index (χ0n) is 10.9. The van der Waals surface area contributed by atoms with Crippen LogP contribution in [0.15, 0.2) is 28.8 Å². The summed E-state index contributed by atoms with van der Waals surface area (Å²) in [6.45, 7) is 2.79. The molecule has 0 spiro atoms. The monoisotopic (exact) mass is 274 g/mol. The van der Waals surface area contributed by atoms with Gasteiger partial charge in [0.15, 0.2) is 0 Å². The first kappa shape index (κ1) is 12.8. The van der Waals surface area contributed by atoms with Crippen LogP contribution in [-0.2, 0) is 4.74 Å². The second-order valence-electron chi connectivity index (χ2n) is 4.90. The third-order valence-corrected chi connectivity index (χ3v) is 3.46. The Morgan fingerprint density at radius 3 is 2.70 bits per heavy atom. The van der Waals surface area contributed by atoms with E-state index in [0.29, 0.717) is 24.2 Å². The maximum atomic E-state index is 10.8. The maximum Gasteiger partial charge on any atom is 0.335 e. The van der Waals surface area contributed by atoms with Gasteiger partial charge in [-0.25, -0.2) is 4.79 Å². The summed E-state index contributed by atoms with van der Waals surface area (Å²) in [7, 11) is 0. The lowest BCUT2D eigenvalue weighted by molar-refractivity contribution is 0.0661. The highest BCUT2D eigenvalue weighted by Gasteiger charge is 2.30. The summed E-state index contributed by atoms with van der Waals surface area (Å²) < 4.78 is 10.8. The van der Waals surface area contributed by atoms with E-state index in [0.717, 1.165) is 12.0 Å². The van der Waals surface area contributed by atoms with E-state index in [1.807, 2.05) is 0 Å². The molecule has 20 heavy (non-hydrogen) atoms. The Balaban J connectivity index is 1.84. The molecule has 0 bridgehead atoms. The molecule has 1 aliphatic rings. The molecule has 2 heterocycles. The molecule has 104 valence electrons. The Kier molecular flexibility index (Phi) is 3.23. The number of nitrogens with zero attached hydrogens (tertiary/aromatic N) is 2. The third kappa shape index (κ3) is 2.30. The molecule has 1 N–H and O–H groups in total. The lowest BCUT2D eigenvalue weighted by atomic mass is 10.0. The number of hydrogen-bond donors (Lipinski definition) is 1. The van der Waals surface area contributed by atoms with Gasteiger partial charge in [-0.3, -0.25) is 0 Å². The van der Waals surface area contributed by atoms with Crippen LogP contribution in [0.4, 0.5) is 0 Å². The highest BCUT2D eigenvalue weighted by Crippen LogP contribution is 2.33. The van der Waals surface area contributed by atoms with Crippen LogP contribution in [0, 0.1) is 5.92 Å². The average Bonchev–Trinajstić information content (AvgIpc) is 3.07. The van der Waals surface area contributed by atoms with E-state index in [1.165, 1.54) is 12.1 Å². The van der Waals surface area contributed by atoms with Crippen LogP contribution in [-0.4, -0.2) is 27.8 Å². The van der Waals surface area contributed by atoms with Gasteiger partial charge >= 0.3 is 5.97 Å². The Hall–Kier alpha value is -2.21. The summed E-state index contributed by atoms with van der Waals surface area (Å²) >= 11 is 0. The van der Waals surface area contributed by atoms with Gasteiger partial charge in [-0.2, -0.15) is 4.98 Å². The summed E-state index contributed by atoms with van der Waals surface area (Å²) in [4.78, 5) is 15.1. The second kappa shape index (κ2) is 5.05. The van der Waals surface area contributed by atoms with Gasteiger partial charge in [0.05, 0.1) is 5.56 Å². The Morgan fingerprint density at radius 2 is 2.10 bits per heavy atom. The Labute approximate surface area is 115 Å². The van der Waals surface area contributed by atoms with E-state index >= 15 is 0 Å². The fourth-order valence-electron chi connectivity index (χ4n) is 2.24. The average molecular weight is 274 g/mol. The second-order valence-corrected chi connectivity index (χ2v) is 4.90. The molecule has 0 radical (unpaired) electrons. The standard InChI is InChI=1S/C14H14N2O4/c1-8-6-7-19-11(8)13-15-12(16-20-13)9-2-4-10(5-3-9)14(17)18/h2-5,8,11H,6-7H2,1H3,(H,17,18). The van der Waals surface area contributed by atoms with Crippen molar-refractivity contribution < 1.29 is 19.2 Å². The number of carbonyl (C=O) groups is 1. The number of carboxylic acids is 1. The number of hydrogen-bond acceptors (Lipinski definition) is 5. The topological polar surface area (TPSA) is 85.5 Å². The zero-order valence-corrected chi connectivity index (χ0v) is 10.9. The van der Waals surface area contributed by atoms with Crippen LogP contribution in [0.2, 0.25) is 0 Å². The minimum absolute atomic E-state index is 0.144. The summed E-state index contributed by atoms with van der Waals surface area (Å²) in [6, 6.07) is 6.36. The summed E-state index contributed by atoms with van der Waals surface area (Å²) in [5, 5.41) is 12.8. The Morgan fingerprint density at radius 1 is 1.35 bits per heavy atom. The van der Waals surface area contributed by atoms with E-state index in [9.17, 15) is 4.79 Å². The van der Waals surface area contributed by atoms with Crippen LogP contribution in [0.1, 0.15) is 35.7 Å². The summed E-state index contributed by atoms with van der Waals surface area (Å²) in [6.07, 6.45) is 0.838. The van der Waals surface area contributed by atoms with Crippen molar-refractivity contribution in [1.82, 2.24) is 10.1 Å². The SMILES string of the molecule is CC1CCOC1c1nc(-c2ccc(C(=O)O)cc2)no1. The molecule has 3 rings (SSSR count). The van der Waals surface area contributed by atoms with Crippen molar-refractivity contribution in [3.63, 3.8) is 0 Å². The van der Waals surface area contributed by atoms with Crippen LogP contribution < -0.4 is 0 Å². The predicted molar refractivity (Wildman–Crippen MR) is 69.2 cm³/mol. The molecule has 6 nitrogen and oxygen atoms in total. The molecule has 2 atom stereocenters. The lowest BCUT2D eigenvalue weighted by Gasteiger charge is -2.07. The van der Waals surface area contributed by atoms with Crippen LogP contribution in [0.3, 0.4) is 0 Å². The first-order valence-corrected chi connectivity index (χ1v) is 6.44. The molecule has 1 aromatic heterocycles. The van der Waals surface area contributed by atoms with Crippen LogP contribution in [0.5, 0.6) is 0 Å². The van der Waals surface area contributed by atoms with Crippen molar-refractivity contribution in [3.05, 3.63) is 35.7 Å². The summed E-state index contributed by atoms with van der Waals surface area (Å²) in [5.74, 6) is 0.322. The fourth-order valence-corrected chi connectivity index (χ4v) is 2.24. The van der Waals surface area contributed by atoms with Crippen molar-refractivity contribution in [2.75, 3.05) is 6.61 Å². The number of benzene rings is 1. The largest absolute Gasteiger partial charge is 0.478 e. The van der Waals surface area contributed by atoms with Gasteiger partial charge in [-0.05, 0) is 24.5 Å². The van der Waals surface area contributed by atoms with Gasteiger partial charge in [0.2, 0.25) is 5.82 Å². The van der Waals surface area contributed by atoms with E-state index in [2.05, 4.69) is 17.1 Å². The van der Waals surface area contributed by atoms with Crippen molar-refractivity contribution >= 4 is 5.97 Å². The van der Waals surface area contributed by atoms with Gasteiger partial charge in [0, 0.05) is 12.2 Å². The molecule has 1 fully saturated rings. The number of aromatic carboxylic acids is 1. The first-order chi connectivity index (χ1) is 9.65. The minimum atomic E-state index is -0.960. The number of ether oxygens (including phenoxy) is 1. The van der Waals surface area contributed by atoms with Crippen LogP contribution in [0.25, 0.3) is 11.4 Å². The highest BCUT2D eigenvalue weighted by molar-refractivity contribution is 5.88. The van der Waals surface area contributed by atoms with E-state index in [4.69, 9.17) is 14.4 Å². The zero-order chi connectivity index (χ0) is 14.1. The molecule has 1 aliphatic heterocycles. The van der Waals surface area contributed by atoms with Gasteiger partial charge in [0.25, 0.3) is 5.89 Å². The molecular weight excluding hydrogens is 260 g/mol. The van der Waals surface area contributed by atoms with Crippen molar-refractivity contribution in [2.24, 2.45) is 5.92 Å². The normalized spacial score (nSPS) is 22.1. The fraction of sp³-hybridized carbons (Fsp3) is 0.357. The first-order valence-electron chi connectivity index (χ1n) is 6.44. The molecule has 0 aliphatic carbocycles. The molecule has 2 unspecified atom stereocenters. The molecule has 1 saturated heterocycles. The molecule has 1 aromatic carbocycles. The van der Waals surface area contributed by atoms with Gasteiger partial charge in [-0.15, -0.1) is 0 Å².